The van der Waals surface area contributed by atoms with Gasteiger partial charge in [0.25, 0.3) is 5.56 Å². The Hall–Kier alpha value is -3.03. The number of thiazole rings is 1. The van der Waals surface area contributed by atoms with Gasteiger partial charge in [0.15, 0.2) is 16.5 Å². The molecule has 0 fully saturated rings. The number of imidazole rings is 1. The Kier molecular flexibility index (Phi) is 4.94. The molecule has 0 aliphatic heterocycles. The van der Waals surface area contributed by atoms with E-state index < -0.39 is 0 Å². The van der Waals surface area contributed by atoms with Crippen molar-refractivity contribution < 1.29 is 9.84 Å². The Morgan fingerprint density at radius 2 is 1.97 bits per heavy atom. The molecule has 0 amide bonds. The van der Waals surface area contributed by atoms with Crippen LogP contribution in [0.1, 0.15) is 5.56 Å². The highest BCUT2D eigenvalue weighted by Crippen LogP contribution is 2.35. The van der Waals surface area contributed by atoms with Gasteiger partial charge < -0.3 is 14.7 Å². The third-order valence-corrected chi connectivity index (χ3v) is 5.82. The lowest BCUT2D eigenvalue weighted by Crippen LogP contribution is -2.22. The summed E-state index contributed by atoms with van der Waals surface area (Å²) in [6.07, 6.45) is 3.46. The summed E-state index contributed by atoms with van der Waals surface area (Å²) < 4.78 is 7.18. The summed E-state index contributed by atoms with van der Waals surface area (Å²) in [6.45, 7) is 0. The SMILES string of the molecule is COc1cc(C=c2sc3nc(-c4ccc(N(C)C)cc4)cn3c2=O)cc(Cl)c1O. The van der Waals surface area contributed by atoms with Crippen LogP contribution in [0.5, 0.6) is 11.5 Å². The fourth-order valence-corrected chi connectivity index (χ4v) is 4.16. The Morgan fingerprint density at radius 1 is 1.24 bits per heavy atom. The van der Waals surface area contributed by atoms with Gasteiger partial charge in [-0.25, -0.2) is 4.98 Å². The van der Waals surface area contributed by atoms with Gasteiger partial charge in [0.05, 0.1) is 22.4 Å². The minimum absolute atomic E-state index is 0.125. The Labute approximate surface area is 175 Å². The van der Waals surface area contributed by atoms with Gasteiger partial charge in [-0.2, -0.15) is 0 Å². The maximum Gasteiger partial charge on any atom is 0.274 e. The normalized spacial score (nSPS) is 11.9. The van der Waals surface area contributed by atoms with Crippen molar-refractivity contribution in [3.05, 3.63) is 68.1 Å². The zero-order valence-corrected chi connectivity index (χ0v) is 17.6. The van der Waals surface area contributed by atoms with Gasteiger partial charge in [-0.15, -0.1) is 0 Å². The van der Waals surface area contributed by atoms with Gasteiger partial charge in [0.2, 0.25) is 0 Å². The number of hydrogen-bond donors (Lipinski definition) is 1. The third-order valence-electron chi connectivity index (χ3n) is 4.55. The van der Waals surface area contributed by atoms with Gasteiger partial charge in [0.1, 0.15) is 0 Å². The number of halogens is 1. The number of fused-ring (bicyclic) bond motifs is 1. The molecule has 4 rings (SSSR count). The Balaban J connectivity index is 1.75. The summed E-state index contributed by atoms with van der Waals surface area (Å²) in [6, 6.07) is 11.2. The molecule has 0 aliphatic carbocycles. The molecule has 0 radical (unpaired) electrons. The van der Waals surface area contributed by atoms with Gasteiger partial charge in [-0.05, 0) is 35.9 Å². The second kappa shape index (κ2) is 7.42. The van der Waals surface area contributed by atoms with Gasteiger partial charge in [0, 0.05) is 31.5 Å². The van der Waals surface area contributed by atoms with E-state index in [0.29, 0.717) is 15.1 Å². The monoisotopic (exact) mass is 427 g/mol. The molecule has 0 atom stereocenters. The zero-order valence-electron chi connectivity index (χ0n) is 16.0. The van der Waals surface area contributed by atoms with Crippen LogP contribution in [0.3, 0.4) is 0 Å². The first-order valence-corrected chi connectivity index (χ1v) is 9.94. The summed E-state index contributed by atoms with van der Waals surface area (Å²) >= 11 is 7.33. The van der Waals surface area contributed by atoms with Crippen molar-refractivity contribution >= 4 is 39.7 Å². The van der Waals surface area contributed by atoms with Gasteiger partial charge in [-0.1, -0.05) is 35.1 Å². The topological polar surface area (TPSA) is 67.1 Å². The minimum Gasteiger partial charge on any atom is -0.503 e. The molecular formula is C21H18ClN3O3S. The molecule has 0 aliphatic rings. The first-order valence-electron chi connectivity index (χ1n) is 8.75. The number of aromatic nitrogens is 2. The van der Waals surface area contributed by atoms with Gasteiger partial charge >= 0.3 is 0 Å². The smallest absolute Gasteiger partial charge is 0.274 e. The Bertz CT molecular complexity index is 1310. The highest BCUT2D eigenvalue weighted by atomic mass is 35.5. The summed E-state index contributed by atoms with van der Waals surface area (Å²) in [5.74, 6) is 0.126. The molecule has 2 heterocycles. The van der Waals surface area contributed by atoms with Crippen molar-refractivity contribution in [2.24, 2.45) is 0 Å². The molecule has 0 bridgehead atoms. The molecule has 6 nitrogen and oxygen atoms in total. The second-order valence-electron chi connectivity index (χ2n) is 6.69. The molecule has 2 aromatic heterocycles. The molecule has 4 aromatic rings. The van der Waals surface area contributed by atoms with E-state index in [-0.39, 0.29) is 22.1 Å². The number of benzene rings is 2. The predicted octanol–water partition coefficient (Wildman–Crippen LogP) is 3.40. The van der Waals surface area contributed by atoms with Crippen LogP contribution in [0, 0.1) is 0 Å². The number of phenols is 1. The quantitative estimate of drug-likeness (QED) is 0.540. The van der Waals surface area contributed by atoms with E-state index in [1.165, 1.54) is 18.4 Å². The molecule has 0 saturated heterocycles. The van der Waals surface area contributed by atoms with Crippen molar-refractivity contribution in [2.75, 3.05) is 26.1 Å². The number of ether oxygens (including phenoxy) is 1. The summed E-state index contributed by atoms with van der Waals surface area (Å²) in [4.78, 5) is 20.1. The average Bonchev–Trinajstić information content (AvgIpc) is 3.24. The number of anilines is 1. The minimum atomic E-state index is -0.156. The van der Waals surface area contributed by atoms with Crippen molar-refractivity contribution in [1.82, 2.24) is 9.38 Å². The van der Waals surface area contributed by atoms with Gasteiger partial charge in [-0.3, -0.25) is 9.20 Å². The maximum atomic E-state index is 12.8. The number of nitrogens with zero attached hydrogens (tertiary/aromatic N) is 3. The average molecular weight is 428 g/mol. The number of hydrogen-bond acceptors (Lipinski definition) is 6. The lowest BCUT2D eigenvalue weighted by Gasteiger charge is -2.12. The maximum absolute atomic E-state index is 12.8. The lowest BCUT2D eigenvalue weighted by atomic mass is 10.1. The molecule has 0 spiro atoms. The van der Waals surface area contributed by atoms with Crippen LogP contribution in [0.2, 0.25) is 5.02 Å². The highest BCUT2D eigenvalue weighted by Gasteiger charge is 2.12. The van der Waals surface area contributed by atoms with E-state index in [9.17, 15) is 9.90 Å². The molecule has 0 saturated carbocycles. The van der Waals surface area contributed by atoms with Crippen LogP contribution in [-0.4, -0.2) is 35.7 Å². The van der Waals surface area contributed by atoms with Crippen molar-refractivity contribution in [2.45, 2.75) is 0 Å². The molecule has 8 heteroatoms. The van der Waals surface area contributed by atoms with Crippen molar-refractivity contribution in [3.8, 4) is 22.8 Å². The fraction of sp³-hybridized carbons (Fsp3) is 0.143. The summed E-state index contributed by atoms with van der Waals surface area (Å²) in [5.41, 5.74) is 3.30. The molecule has 29 heavy (non-hydrogen) atoms. The predicted molar refractivity (Wildman–Crippen MR) is 118 cm³/mol. The van der Waals surface area contributed by atoms with Crippen LogP contribution >= 0.6 is 22.9 Å². The first kappa shape index (κ1) is 19.3. The van der Waals surface area contributed by atoms with E-state index in [1.807, 2.05) is 43.3 Å². The highest BCUT2D eigenvalue weighted by molar-refractivity contribution is 7.15. The first-order chi connectivity index (χ1) is 13.9. The molecule has 2 aromatic carbocycles. The Morgan fingerprint density at radius 3 is 2.59 bits per heavy atom. The standard InChI is InChI=1S/C21H18ClN3O3S/c1-24(2)14-6-4-13(5-7-14)16-11-25-20(27)18(29-21(25)23-16)10-12-8-15(22)19(26)17(9-12)28-3/h4-11,26H,1-3H3. The number of rotatable bonds is 4. The number of phenolic OH excluding ortho intramolecular Hbond substituents is 1. The van der Waals surface area contributed by atoms with E-state index in [0.717, 1.165) is 16.9 Å². The van der Waals surface area contributed by atoms with E-state index in [4.69, 9.17) is 16.3 Å². The van der Waals surface area contributed by atoms with Crippen LogP contribution in [0.25, 0.3) is 22.3 Å². The number of methoxy groups -OCH3 is 1. The summed E-state index contributed by atoms with van der Waals surface area (Å²) in [5, 5.41) is 10.0. The molecule has 148 valence electrons. The molecule has 0 unspecified atom stereocenters. The van der Waals surface area contributed by atoms with E-state index in [1.54, 1.807) is 28.8 Å². The zero-order chi connectivity index (χ0) is 20.7. The number of aromatic hydroxyl groups is 1. The fourth-order valence-electron chi connectivity index (χ4n) is 2.99. The lowest BCUT2D eigenvalue weighted by molar-refractivity contribution is 0.373. The molecular weight excluding hydrogens is 410 g/mol. The largest absolute Gasteiger partial charge is 0.503 e. The van der Waals surface area contributed by atoms with E-state index in [2.05, 4.69) is 4.98 Å². The van der Waals surface area contributed by atoms with Crippen LogP contribution in [-0.2, 0) is 0 Å². The van der Waals surface area contributed by atoms with Crippen molar-refractivity contribution in [3.63, 3.8) is 0 Å². The third kappa shape index (κ3) is 3.54. The van der Waals surface area contributed by atoms with E-state index >= 15 is 0 Å². The van der Waals surface area contributed by atoms with Crippen LogP contribution in [0.4, 0.5) is 5.69 Å². The van der Waals surface area contributed by atoms with Crippen LogP contribution in [0.15, 0.2) is 47.4 Å². The summed E-state index contributed by atoms with van der Waals surface area (Å²) in [7, 11) is 5.42. The second-order valence-corrected chi connectivity index (χ2v) is 8.11. The van der Waals surface area contributed by atoms with Crippen LogP contribution < -0.4 is 19.7 Å². The molecule has 1 N–H and O–H groups in total. The van der Waals surface area contributed by atoms with Crippen molar-refractivity contribution in [1.29, 1.82) is 0 Å².